The van der Waals surface area contributed by atoms with Crippen LogP contribution in [-0.4, -0.2) is 39.5 Å². The summed E-state index contributed by atoms with van der Waals surface area (Å²) in [6.07, 6.45) is 5.32. The van der Waals surface area contributed by atoms with Gasteiger partial charge in [0.1, 0.15) is 5.69 Å². The van der Waals surface area contributed by atoms with Gasteiger partial charge in [-0.3, -0.25) is 9.59 Å². The number of carbonyl (C=O) groups excluding carboxylic acids is 1. The van der Waals surface area contributed by atoms with E-state index in [0.717, 1.165) is 17.3 Å². The van der Waals surface area contributed by atoms with Crippen LogP contribution in [0.4, 0.5) is 0 Å². The maximum absolute atomic E-state index is 12.6. The zero-order valence-corrected chi connectivity index (χ0v) is 12.7. The van der Waals surface area contributed by atoms with E-state index in [2.05, 4.69) is 20.5 Å². The second-order valence-electron chi connectivity index (χ2n) is 5.59. The number of halogens is 1. The summed E-state index contributed by atoms with van der Waals surface area (Å²) in [5, 5.41) is 8.99. The quantitative estimate of drug-likeness (QED) is 0.919. The minimum absolute atomic E-state index is 0.0199. The van der Waals surface area contributed by atoms with Gasteiger partial charge in [0, 0.05) is 29.8 Å². The summed E-state index contributed by atoms with van der Waals surface area (Å²) in [5.74, 6) is -1.03. The van der Waals surface area contributed by atoms with Gasteiger partial charge in [0.2, 0.25) is 0 Å². The van der Waals surface area contributed by atoms with E-state index < -0.39 is 5.97 Å². The maximum atomic E-state index is 12.6. The van der Waals surface area contributed by atoms with Crippen molar-refractivity contribution >= 4 is 27.8 Å². The Kier molecular flexibility index (Phi) is 3.58. The highest BCUT2D eigenvalue weighted by Gasteiger charge is 2.32. The van der Waals surface area contributed by atoms with E-state index in [4.69, 9.17) is 5.11 Å². The van der Waals surface area contributed by atoms with E-state index in [-0.39, 0.29) is 11.8 Å². The highest BCUT2D eigenvalue weighted by molar-refractivity contribution is 9.10. The molecule has 0 aromatic carbocycles. The molecule has 5 nitrogen and oxygen atoms in total. The number of amides is 1. The lowest BCUT2D eigenvalue weighted by molar-refractivity contribution is -0.143. The number of piperidine rings is 1. The number of aromatic nitrogens is 1. The minimum Gasteiger partial charge on any atom is -0.481 e. The molecule has 1 aromatic rings. The summed E-state index contributed by atoms with van der Waals surface area (Å²) in [6.45, 7) is 1.06. The summed E-state index contributed by atoms with van der Waals surface area (Å²) in [7, 11) is 0. The molecule has 6 heteroatoms. The van der Waals surface area contributed by atoms with Crippen LogP contribution in [0.25, 0.3) is 0 Å². The first kappa shape index (κ1) is 13.7. The number of carboxylic acids is 1. The highest BCUT2D eigenvalue weighted by Crippen LogP contribution is 2.38. The molecule has 1 aliphatic heterocycles. The van der Waals surface area contributed by atoms with E-state index in [1.54, 1.807) is 4.90 Å². The third kappa shape index (κ3) is 2.61. The molecule has 0 atom stereocenters. The molecule has 0 radical (unpaired) electrons. The SMILES string of the molecule is O=C(O)C1CCN(C(=O)c2cc(Br)cn2C2CC2)CC1. The smallest absolute Gasteiger partial charge is 0.306 e. The fourth-order valence-electron chi connectivity index (χ4n) is 2.76. The third-order valence-corrected chi connectivity index (χ3v) is 4.54. The number of rotatable bonds is 3. The van der Waals surface area contributed by atoms with E-state index in [1.807, 2.05) is 12.3 Å². The first-order valence-corrected chi connectivity index (χ1v) is 7.75. The normalized spacial score (nSPS) is 20.1. The molecule has 1 amide bonds. The second kappa shape index (κ2) is 5.24. The van der Waals surface area contributed by atoms with Gasteiger partial charge in [0.15, 0.2) is 0 Å². The number of carboxylic acid groups (broad SMARTS) is 1. The van der Waals surface area contributed by atoms with Gasteiger partial charge < -0.3 is 14.6 Å². The average Bonchev–Trinajstić information content (AvgIpc) is 3.21. The molecule has 20 heavy (non-hydrogen) atoms. The Morgan fingerprint density at radius 2 is 1.85 bits per heavy atom. The molecule has 1 saturated carbocycles. The van der Waals surface area contributed by atoms with Crippen LogP contribution < -0.4 is 0 Å². The van der Waals surface area contributed by atoms with Crippen molar-refractivity contribution in [2.45, 2.75) is 31.7 Å². The van der Waals surface area contributed by atoms with Gasteiger partial charge in [0.25, 0.3) is 5.91 Å². The molecule has 2 aliphatic rings. The van der Waals surface area contributed by atoms with Crippen LogP contribution in [0.15, 0.2) is 16.7 Å². The van der Waals surface area contributed by atoms with E-state index in [9.17, 15) is 9.59 Å². The van der Waals surface area contributed by atoms with Gasteiger partial charge >= 0.3 is 5.97 Å². The number of hydrogen-bond donors (Lipinski definition) is 1. The Morgan fingerprint density at radius 3 is 2.40 bits per heavy atom. The topological polar surface area (TPSA) is 62.5 Å². The number of likely N-dealkylation sites (tertiary alicyclic amines) is 1. The molecular formula is C14H17BrN2O3. The standard InChI is InChI=1S/C14H17BrN2O3/c15-10-7-12(17(8-10)11-1-2-11)13(18)16-5-3-9(4-6-16)14(19)20/h7-9,11H,1-6H2,(H,19,20). The van der Waals surface area contributed by atoms with Gasteiger partial charge in [0.05, 0.1) is 5.92 Å². The number of aliphatic carboxylic acids is 1. The highest BCUT2D eigenvalue weighted by atomic mass is 79.9. The molecule has 1 aromatic heterocycles. The van der Waals surface area contributed by atoms with E-state index in [0.29, 0.717) is 37.7 Å². The molecule has 1 saturated heterocycles. The van der Waals surface area contributed by atoms with Crippen LogP contribution in [0.5, 0.6) is 0 Å². The van der Waals surface area contributed by atoms with Crippen LogP contribution in [0.2, 0.25) is 0 Å². The molecule has 108 valence electrons. The zero-order valence-electron chi connectivity index (χ0n) is 11.1. The molecule has 0 unspecified atom stereocenters. The van der Waals surface area contributed by atoms with Crippen molar-refractivity contribution in [2.75, 3.05) is 13.1 Å². The molecule has 1 N–H and O–H groups in total. The first-order chi connectivity index (χ1) is 9.56. The predicted molar refractivity (Wildman–Crippen MR) is 76.7 cm³/mol. The number of hydrogen-bond acceptors (Lipinski definition) is 2. The summed E-state index contributed by atoms with van der Waals surface area (Å²) in [6, 6.07) is 2.32. The molecule has 2 fully saturated rings. The van der Waals surface area contributed by atoms with E-state index >= 15 is 0 Å². The zero-order chi connectivity index (χ0) is 14.3. The van der Waals surface area contributed by atoms with Crippen molar-refractivity contribution in [2.24, 2.45) is 5.92 Å². The lowest BCUT2D eigenvalue weighted by Crippen LogP contribution is -2.40. The van der Waals surface area contributed by atoms with Crippen molar-refractivity contribution in [3.05, 3.63) is 22.4 Å². The fourth-order valence-corrected chi connectivity index (χ4v) is 3.20. The fraction of sp³-hybridized carbons (Fsp3) is 0.571. The number of carbonyl (C=O) groups is 2. The average molecular weight is 341 g/mol. The Balaban J connectivity index is 1.72. The molecular weight excluding hydrogens is 324 g/mol. The van der Waals surface area contributed by atoms with Crippen molar-refractivity contribution in [1.29, 1.82) is 0 Å². The van der Waals surface area contributed by atoms with Crippen LogP contribution in [0.1, 0.15) is 42.2 Å². The van der Waals surface area contributed by atoms with Gasteiger partial charge in [-0.2, -0.15) is 0 Å². The van der Waals surface area contributed by atoms with Crippen LogP contribution >= 0.6 is 15.9 Å². The Bertz CT molecular complexity index is 543. The molecule has 1 aliphatic carbocycles. The van der Waals surface area contributed by atoms with Crippen molar-refractivity contribution in [1.82, 2.24) is 9.47 Å². The summed E-state index contributed by atoms with van der Waals surface area (Å²) < 4.78 is 2.98. The molecule has 0 bridgehead atoms. The molecule has 0 spiro atoms. The predicted octanol–water partition coefficient (Wildman–Crippen LogP) is 2.52. The second-order valence-corrected chi connectivity index (χ2v) is 6.50. The molecule has 2 heterocycles. The monoisotopic (exact) mass is 340 g/mol. The van der Waals surface area contributed by atoms with Crippen molar-refractivity contribution in [3.63, 3.8) is 0 Å². The van der Waals surface area contributed by atoms with Gasteiger partial charge in [-0.15, -0.1) is 0 Å². The maximum Gasteiger partial charge on any atom is 0.306 e. The van der Waals surface area contributed by atoms with Crippen LogP contribution in [-0.2, 0) is 4.79 Å². The van der Waals surface area contributed by atoms with Crippen LogP contribution in [0, 0.1) is 5.92 Å². The lowest BCUT2D eigenvalue weighted by Gasteiger charge is -2.30. The van der Waals surface area contributed by atoms with E-state index in [1.165, 1.54) is 0 Å². The summed E-state index contributed by atoms with van der Waals surface area (Å²) in [4.78, 5) is 25.3. The largest absolute Gasteiger partial charge is 0.481 e. The van der Waals surface area contributed by atoms with Crippen LogP contribution in [0.3, 0.4) is 0 Å². The molecule has 3 rings (SSSR count). The minimum atomic E-state index is -0.749. The Morgan fingerprint density at radius 1 is 1.20 bits per heavy atom. The van der Waals surface area contributed by atoms with Gasteiger partial charge in [-0.05, 0) is 47.7 Å². The van der Waals surface area contributed by atoms with Crippen molar-refractivity contribution < 1.29 is 14.7 Å². The summed E-state index contributed by atoms with van der Waals surface area (Å²) >= 11 is 3.43. The van der Waals surface area contributed by atoms with Gasteiger partial charge in [-0.1, -0.05) is 0 Å². The first-order valence-electron chi connectivity index (χ1n) is 6.95. The Labute approximate surface area is 125 Å². The summed E-state index contributed by atoms with van der Waals surface area (Å²) in [5.41, 5.74) is 0.716. The van der Waals surface area contributed by atoms with Gasteiger partial charge in [-0.25, -0.2) is 0 Å². The Hall–Kier alpha value is -1.30. The third-order valence-electron chi connectivity index (χ3n) is 4.11. The number of nitrogens with zero attached hydrogens (tertiary/aromatic N) is 2. The lowest BCUT2D eigenvalue weighted by atomic mass is 9.97. The van der Waals surface area contributed by atoms with Crippen molar-refractivity contribution in [3.8, 4) is 0 Å².